The maximum atomic E-state index is 5.59. The molecule has 1 aromatic heterocycles. The number of benzene rings is 1. The van der Waals surface area contributed by atoms with E-state index in [1.807, 2.05) is 30.6 Å². The van der Waals surface area contributed by atoms with Gasteiger partial charge in [-0.15, -0.1) is 0 Å². The normalized spacial score (nSPS) is 12.6. The summed E-state index contributed by atoms with van der Waals surface area (Å²) in [5.74, 6) is 0. The van der Waals surface area contributed by atoms with Gasteiger partial charge >= 0.3 is 0 Å². The van der Waals surface area contributed by atoms with Crippen LogP contribution in [0.3, 0.4) is 0 Å². The molecule has 1 heterocycles. The van der Waals surface area contributed by atoms with Crippen molar-refractivity contribution < 1.29 is 4.74 Å². The average Bonchev–Trinajstić information content (AvgIpc) is 2.49. The average molecular weight is 270 g/mol. The van der Waals surface area contributed by atoms with Gasteiger partial charge in [0.2, 0.25) is 0 Å². The number of nitrogens with zero attached hydrogens (tertiary/aromatic N) is 1. The van der Waals surface area contributed by atoms with Crippen LogP contribution in [0.1, 0.15) is 31.0 Å². The van der Waals surface area contributed by atoms with Gasteiger partial charge in [0.15, 0.2) is 0 Å². The third kappa shape index (κ3) is 4.44. The van der Waals surface area contributed by atoms with Gasteiger partial charge in [-0.1, -0.05) is 30.3 Å². The van der Waals surface area contributed by atoms with E-state index >= 15 is 0 Å². The zero-order chi connectivity index (χ0) is 14.2. The van der Waals surface area contributed by atoms with Crippen molar-refractivity contribution in [2.24, 2.45) is 0 Å². The minimum atomic E-state index is 0.176. The summed E-state index contributed by atoms with van der Waals surface area (Å²) in [7, 11) is 0. The van der Waals surface area contributed by atoms with Crippen molar-refractivity contribution in [3.8, 4) is 0 Å². The Labute approximate surface area is 121 Å². The smallest absolute Gasteiger partial charge is 0.0594 e. The zero-order valence-electron chi connectivity index (χ0n) is 12.1. The number of hydrogen-bond acceptors (Lipinski definition) is 3. The molecular formula is C17H22N2O. The third-order valence-corrected chi connectivity index (χ3v) is 3.07. The summed E-state index contributed by atoms with van der Waals surface area (Å²) in [5.41, 5.74) is 2.47. The van der Waals surface area contributed by atoms with Crippen molar-refractivity contribution in [1.82, 2.24) is 10.3 Å². The molecule has 3 nitrogen and oxygen atoms in total. The van der Waals surface area contributed by atoms with Crippen molar-refractivity contribution in [3.63, 3.8) is 0 Å². The summed E-state index contributed by atoms with van der Waals surface area (Å²) in [5, 5.41) is 3.55. The zero-order valence-corrected chi connectivity index (χ0v) is 12.1. The van der Waals surface area contributed by atoms with Gasteiger partial charge in [-0.25, -0.2) is 0 Å². The van der Waals surface area contributed by atoms with E-state index in [0.29, 0.717) is 6.61 Å². The topological polar surface area (TPSA) is 34.1 Å². The summed E-state index contributed by atoms with van der Waals surface area (Å²) in [4.78, 5) is 4.09. The first kappa shape index (κ1) is 14.7. The molecule has 1 unspecified atom stereocenters. The lowest BCUT2D eigenvalue weighted by Crippen LogP contribution is -2.27. The number of aromatic nitrogens is 1. The predicted molar refractivity (Wildman–Crippen MR) is 81.6 cm³/mol. The Hall–Kier alpha value is -1.71. The predicted octanol–water partition coefficient (Wildman–Crippen LogP) is 3.19. The Morgan fingerprint density at radius 2 is 1.65 bits per heavy atom. The lowest BCUT2D eigenvalue weighted by atomic mass is 10.00. The fourth-order valence-electron chi connectivity index (χ4n) is 2.13. The van der Waals surface area contributed by atoms with Crippen molar-refractivity contribution in [2.75, 3.05) is 13.2 Å². The van der Waals surface area contributed by atoms with E-state index in [2.05, 4.69) is 48.4 Å². The summed E-state index contributed by atoms with van der Waals surface area (Å²) in [6.07, 6.45) is 3.93. The van der Waals surface area contributed by atoms with Crippen LogP contribution in [0.4, 0.5) is 0 Å². The van der Waals surface area contributed by atoms with Crippen LogP contribution >= 0.6 is 0 Å². The van der Waals surface area contributed by atoms with E-state index in [9.17, 15) is 0 Å². The molecule has 0 radical (unpaired) electrons. The van der Waals surface area contributed by atoms with E-state index in [1.165, 1.54) is 11.1 Å². The highest BCUT2D eigenvalue weighted by atomic mass is 16.5. The number of pyridine rings is 1. The Balaban J connectivity index is 2.06. The fourth-order valence-corrected chi connectivity index (χ4v) is 2.13. The second kappa shape index (κ2) is 7.78. The molecule has 20 heavy (non-hydrogen) atoms. The van der Waals surface area contributed by atoms with Crippen LogP contribution in [0.15, 0.2) is 54.9 Å². The Morgan fingerprint density at radius 1 is 1.00 bits per heavy atom. The van der Waals surface area contributed by atoms with Crippen LogP contribution in [-0.2, 0) is 4.74 Å². The van der Waals surface area contributed by atoms with Crippen LogP contribution in [0.2, 0.25) is 0 Å². The SMILES string of the molecule is CC(C)OCCNC(c1ccccc1)c1ccncc1. The van der Waals surface area contributed by atoms with E-state index in [1.54, 1.807) is 0 Å². The lowest BCUT2D eigenvalue weighted by Gasteiger charge is -2.20. The van der Waals surface area contributed by atoms with Gasteiger partial charge in [-0.2, -0.15) is 0 Å². The molecule has 1 N–H and O–H groups in total. The molecule has 0 bridgehead atoms. The van der Waals surface area contributed by atoms with Crippen LogP contribution in [-0.4, -0.2) is 24.2 Å². The monoisotopic (exact) mass is 270 g/mol. The van der Waals surface area contributed by atoms with Crippen LogP contribution in [0.5, 0.6) is 0 Å². The molecule has 0 saturated heterocycles. The van der Waals surface area contributed by atoms with Gasteiger partial charge < -0.3 is 10.1 Å². The van der Waals surface area contributed by atoms with E-state index < -0.39 is 0 Å². The van der Waals surface area contributed by atoms with Crippen molar-refractivity contribution >= 4 is 0 Å². The second-order valence-corrected chi connectivity index (χ2v) is 5.00. The standard InChI is InChI=1S/C17H22N2O/c1-14(2)20-13-12-19-17(15-6-4-3-5-7-15)16-8-10-18-11-9-16/h3-11,14,17,19H,12-13H2,1-2H3. The fraction of sp³-hybridized carbons (Fsp3) is 0.353. The summed E-state index contributed by atoms with van der Waals surface area (Å²) < 4.78 is 5.59. The summed E-state index contributed by atoms with van der Waals surface area (Å²) >= 11 is 0. The molecule has 0 saturated carbocycles. The maximum Gasteiger partial charge on any atom is 0.0594 e. The number of rotatable bonds is 7. The van der Waals surface area contributed by atoms with Gasteiger partial charge in [0, 0.05) is 18.9 Å². The Bertz CT molecular complexity index is 445. The first-order valence-electron chi connectivity index (χ1n) is 7.07. The molecule has 1 atom stereocenters. The van der Waals surface area contributed by atoms with E-state index in [4.69, 9.17) is 4.74 Å². The first-order chi connectivity index (χ1) is 9.77. The van der Waals surface area contributed by atoms with Gasteiger partial charge in [0.1, 0.15) is 0 Å². The molecule has 0 fully saturated rings. The minimum absolute atomic E-state index is 0.176. The highest BCUT2D eigenvalue weighted by molar-refractivity contribution is 5.30. The quantitative estimate of drug-likeness (QED) is 0.785. The number of hydrogen-bond donors (Lipinski definition) is 1. The van der Waals surface area contributed by atoms with Crippen molar-refractivity contribution in [1.29, 1.82) is 0 Å². The molecule has 1 aromatic carbocycles. The second-order valence-electron chi connectivity index (χ2n) is 5.00. The molecule has 0 aliphatic rings. The molecule has 0 amide bonds. The first-order valence-corrected chi connectivity index (χ1v) is 7.07. The molecule has 0 aliphatic carbocycles. The highest BCUT2D eigenvalue weighted by Gasteiger charge is 2.12. The molecule has 106 valence electrons. The van der Waals surface area contributed by atoms with Crippen LogP contribution in [0.25, 0.3) is 0 Å². The molecule has 2 rings (SSSR count). The molecule has 0 spiro atoms. The molecule has 3 heteroatoms. The highest BCUT2D eigenvalue weighted by Crippen LogP contribution is 2.20. The molecular weight excluding hydrogens is 248 g/mol. The Kier molecular flexibility index (Phi) is 5.71. The van der Waals surface area contributed by atoms with Crippen molar-refractivity contribution in [2.45, 2.75) is 26.0 Å². The Morgan fingerprint density at radius 3 is 2.30 bits per heavy atom. The molecule has 2 aromatic rings. The van der Waals surface area contributed by atoms with E-state index in [0.717, 1.165) is 6.54 Å². The van der Waals surface area contributed by atoms with Gasteiger partial charge in [-0.3, -0.25) is 4.98 Å². The number of nitrogens with one attached hydrogen (secondary N) is 1. The summed E-state index contributed by atoms with van der Waals surface area (Å²) in [6, 6.07) is 14.7. The number of ether oxygens (including phenoxy) is 1. The minimum Gasteiger partial charge on any atom is -0.377 e. The van der Waals surface area contributed by atoms with E-state index in [-0.39, 0.29) is 12.1 Å². The van der Waals surface area contributed by atoms with Gasteiger partial charge in [0.25, 0.3) is 0 Å². The van der Waals surface area contributed by atoms with Crippen molar-refractivity contribution in [3.05, 3.63) is 66.0 Å². The lowest BCUT2D eigenvalue weighted by molar-refractivity contribution is 0.0799. The largest absolute Gasteiger partial charge is 0.377 e. The van der Waals surface area contributed by atoms with Crippen LogP contribution < -0.4 is 5.32 Å². The third-order valence-electron chi connectivity index (χ3n) is 3.07. The van der Waals surface area contributed by atoms with Gasteiger partial charge in [0.05, 0.1) is 18.8 Å². The molecule has 0 aliphatic heterocycles. The maximum absolute atomic E-state index is 5.59. The summed E-state index contributed by atoms with van der Waals surface area (Å²) in [6.45, 7) is 5.64. The van der Waals surface area contributed by atoms with Gasteiger partial charge in [-0.05, 0) is 37.1 Å². The van der Waals surface area contributed by atoms with Crippen LogP contribution in [0, 0.1) is 0 Å².